The molecule has 0 aliphatic heterocycles. The van der Waals surface area contributed by atoms with Gasteiger partial charge in [0.15, 0.2) is 0 Å². The summed E-state index contributed by atoms with van der Waals surface area (Å²) >= 11 is 0. The predicted molar refractivity (Wildman–Crippen MR) is 18.4 cm³/mol. The summed E-state index contributed by atoms with van der Waals surface area (Å²) in [6, 6.07) is 0. The summed E-state index contributed by atoms with van der Waals surface area (Å²) in [6.45, 7) is 2.99. The average molecular weight is 116 g/mol. The SMILES string of the molecule is CC(C)=C([O-])[O-].[Li+].[Na+]. The molecule has 36 valence electrons. The standard InChI is InChI=1S/C4H8O2.Li.Na/c1-3(2)4(5)6;;/h5-6H,1-2H3;;/q;2*+1/p-2. The predicted octanol–water partition coefficient (Wildman–Crippen LogP) is -7.03. The molecule has 0 fully saturated rings. The first-order valence-electron chi connectivity index (χ1n) is 1.66. The van der Waals surface area contributed by atoms with Crippen molar-refractivity contribution in [3.8, 4) is 0 Å². The first-order chi connectivity index (χ1) is 2.64. The molecule has 0 aliphatic rings. The fourth-order valence-electron chi connectivity index (χ4n) is 0. The van der Waals surface area contributed by atoms with Gasteiger partial charge in [-0.3, -0.25) is 0 Å². The molecule has 0 spiro atoms. The quantitative estimate of drug-likeness (QED) is 0.233. The Kier molecular flexibility index (Phi) is 15.8. The van der Waals surface area contributed by atoms with Gasteiger partial charge in [-0.2, -0.15) is 0 Å². The molecule has 2 nitrogen and oxygen atoms in total. The van der Waals surface area contributed by atoms with Crippen LogP contribution in [0.4, 0.5) is 0 Å². The molecule has 8 heavy (non-hydrogen) atoms. The van der Waals surface area contributed by atoms with Gasteiger partial charge in [-0.05, 0) is 13.8 Å². The van der Waals surface area contributed by atoms with E-state index in [1.807, 2.05) is 0 Å². The van der Waals surface area contributed by atoms with E-state index in [9.17, 15) is 10.2 Å². The summed E-state index contributed by atoms with van der Waals surface area (Å²) in [5.41, 5.74) is 0.315. The molecule has 0 atom stereocenters. The Hall–Kier alpha value is 0.937. The second-order valence-electron chi connectivity index (χ2n) is 1.29. The summed E-state index contributed by atoms with van der Waals surface area (Å²) in [7, 11) is 0. The van der Waals surface area contributed by atoms with Crippen molar-refractivity contribution < 1.29 is 58.6 Å². The molecule has 0 aromatic heterocycles. The number of rotatable bonds is 0. The first kappa shape index (κ1) is 16.0. The van der Waals surface area contributed by atoms with Crippen LogP contribution in [0.15, 0.2) is 11.5 Å². The van der Waals surface area contributed by atoms with Gasteiger partial charge in [0, 0.05) is 0 Å². The third-order valence-corrected chi connectivity index (χ3v) is 0.408. The zero-order valence-electron chi connectivity index (χ0n) is 5.82. The summed E-state index contributed by atoms with van der Waals surface area (Å²) in [5, 5.41) is 19.1. The van der Waals surface area contributed by atoms with Crippen molar-refractivity contribution in [2.45, 2.75) is 13.8 Å². The van der Waals surface area contributed by atoms with Gasteiger partial charge in [-0.25, -0.2) is 5.95 Å². The molecular weight excluding hydrogens is 110 g/mol. The van der Waals surface area contributed by atoms with Crippen LogP contribution in [-0.2, 0) is 0 Å². The molecule has 0 aromatic carbocycles. The molecule has 0 saturated carbocycles. The maximum Gasteiger partial charge on any atom is 1.00 e. The van der Waals surface area contributed by atoms with E-state index >= 15 is 0 Å². The smallest absolute Gasteiger partial charge is 0.884 e. The zero-order valence-corrected chi connectivity index (χ0v) is 7.82. The largest absolute Gasteiger partial charge is 1.00 e. The molecule has 0 radical (unpaired) electrons. The van der Waals surface area contributed by atoms with E-state index in [-0.39, 0.29) is 48.4 Å². The van der Waals surface area contributed by atoms with Crippen molar-refractivity contribution in [3.63, 3.8) is 0 Å². The maximum absolute atomic E-state index is 9.55. The minimum absolute atomic E-state index is 0. The summed E-state index contributed by atoms with van der Waals surface area (Å²) < 4.78 is 0. The van der Waals surface area contributed by atoms with Crippen LogP contribution in [0.3, 0.4) is 0 Å². The molecule has 0 bridgehead atoms. The van der Waals surface area contributed by atoms with Crippen molar-refractivity contribution in [3.05, 3.63) is 11.5 Å². The van der Waals surface area contributed by atoms with Gasteiger partial charge in [0.05, 0.1) is 0 Å². The second-order valence-corrected chi connectivity index (χ2v) is 1.29. The topological polar surface area (TPSA) is 46.1 Å². The fraction of sp³-hybridized carbons (Fsp3) is 0.500. The monoisotopic (exact) mass is 116 g/mol. The van der Waals surface area contributed by atoms with Gasteiger partial charge in [0.2, 0.25) is 0 Å². The van der Waals surface area contributed by atoms with Gasteiger partial charge < -0.3 is 10.2 Å². The Morgan fingerprint density at radius 2 is 1.25 bits per heavy atom. The zero-order chi connectivity index (χ0) is 5.15. The van der Waals surface area contributed by atoms with E-state index in [1.54, 1.807) is 0 Å². The number of hydrogen-bond acceptors (Lipinski definition) is 2. The van der Waals surface area contributed by atoms with Crippen molar-refractivity contribution in [2.75, 3.05) is 0 Å². The normalized spacial score (nSPS) is 5.75. The molecule has 0 aromatic rings. The van der Waals surface area contributed by atoms with E-state index in [0.29, 0.717) is 5.57 Å². The van der Waals surface area contributed by atoms with E-state index < -0.39 is 5.95 Å². The van der Waals surface area contributed by atoms with Crippen molar-refractivity contribution in [1.82, 2.24) is 0 Å². The van der Waals surface area contributed by atoms with Crippen molar-refractivity contribution in [1.29, 1.82) is 0 Å². The van der Waals surface area contributed by atoms with Crippen LogP contribution in [-0.4, -0.2) is 0 Å². The Morgan fingerprint density at radius 1 is 1.12 bits per heavy atom. The molecule has 0 unspecified atom stereocenters. The van der Waals surface area contributed by atoms with Crippen LogP contribution >= 0.6 is 0 Å². The van der Waals surface area contributed by atoms with Crippen LogP contribution in [0.2, 0.25) is 0 Å². The van der Waals surface area contributed by atoms with E-state index in [4.69, 9.17) is 0 Å². The third-order valence-electron chi connectivity index (χ3n) is 0.408. The van der Waals surface area contributed by atoms with Crippen LogP contribution < -0.4 is 58.6 Å². The molecule has 0 heterocycles. The van der Waals surface area contributed by atoms with E-state index in [1.165, 1.54) is 13.8 Å². The Labute approximate surface area is 83.4 Å². The molecule has 0 aliphatic carbocycles. The minimum atomic E-state index is -1.07. The summed E-state index contributed by atoms with van der Waals surface area (Å²) in [6.07, 6.45) is 0. The van der Waals surface area contributed by atoms with Crippen molar-refractivity contribution in [2.24, 2.45) is 0 Å². The number of allylic oxidation sites excluding steroid dienone is 1. The third kappa shape index (κ3) is 10.0. The van der Waals surface area contributed by atoms with Gasteiger partial charge in [-0.15, -0.1) is 0 Å². The second kappa shape index (κ2) is 7.94. The molecule has 4 heteroatoms. The van der Waals surface area contributed by atoms with E-state index in [2.05, 4.69) is 0 Å². The summed E-state index contributed by atoms with van der Waals surface area (Å²) in [5.74, 6) is -1.07. The first-order valence-corrected chi connectivity index (χ1v) is 1.66. The van der Waals surface area contributed by atoms with Gasteiger partial charge in [0.25, 0.3) is 0 Å². The van der Waals surface area contributed by atoms with Gasteiger partial charge >= 0.3 is 48.4 Å². The fourth-order valence-corrected chi connectivity index (χ4v) is 0. The Balaban J connectivity index is -0.000000125. The van der Waals surface area contributed by atoms with Gasteiger partial charge in [-0.1, -0.05) is 5.57 Å². The van der Waals surface area contributed by atoms with Crippen LogP contribution in [0.1, 0.15) is 13.8 Å². The number of hydrogen-bond donors (Lipinski definition) is 0. The molecule has 0 saturated heterocycles. The van der Waals surface area contributed by atoms with E-state index in [0.717, 1.165) is 0 Å². The van der Waals surface area contributed by atoms with Crippen LogP contribution in [0, 0.1) is 0 Å². The molecule has 0 rings (SSSR count). The van der Waals surface area contributed by atoms with Gasteiger partial charge in [0.1, 0.15) is 0 Å². The van der Waals surface area contributed by atoms with Crippen LogP contribution in [0.5, 0.6) is 0 Å². The summed E-state index contributed by atoms with van der Waals surface area (Å²) in [4.78, 5) is 0. The molecule has 0 amide bonds. The maximum atomic E-state index is 9.55. The average Bonchev–Trinajstić information content (AvgIpc) is 1.36. The molecular formula is C4H6LiNaO2. The molecule has 0 N–H and O–H groups in total. The van der Waals surface area contributed by atoms with Crippen LogP contribution in [0.25, 0.3) is 0 Å². The van der Waals surface area contributed by atoms with Crippen molar-refractivity contribution >= 4 is 0 Å². The Morgan fingerprint density at radius 3 is 1.25 bits per heavy atom. The minimum Gasteiger partial charge on any atom is -0.884 e. The Bertz CT molecular complexity index is 64.1.